The summed E-state index contributed by atoms with van der Waals surface area (Å²) in [5.41, 5.74) is 1.18. The predicted octanol–water partition coefficient (Wildman–Crippen LogP) is 3.35. The number of methoxy groups -OCH3 is 1. The van der Waals surface area contributed by atoms with E-state index in [0.717, 1.165) is 11.8 Å². The van der Waals surface area contributed by atoms with Gasteiger partial charge in [-0.15, -0.1) is 0 Å². The van der Waals surface area contributed by atoms with Crippen LogP contribution in [-0.2, 0) is 21.4 Å². The summed E-state index contributed by atoms with van der Waals surface area (Å²) in [6.07, 6.45) is 1.57. The van der Waals surface area contributed by atoms with E-state index >= 15 is 0 Å². The summed E-state index contributed by atoms with van der Waals surface area (Å²) in [6, 6.07) is 10.5. The first-order valence-electron chi connectivity index (χ1n) is 8.53. The van der Waals surface area contributed by atoms with E-state index in [4.69, 9.17) is 16.3 Å². The van der Waals surface area contributed by atoms with Crippen LogP contribution in [0.4, 0.5) is 10.1 Å². The fourth-order valence-electron chi connectivity index (χ4n) is 2.57. The van der Waals surface area contributed by atoms with Gasteiger partial charge in [-0.2, -0.15) is 0 Å². The third-order valence-electron chi connectivity index (χ3n) is 3.99. The van der Waals surface area contributed by atoms with Crippen LogP contribution in [-0.4, -0.2) is 34.2 Å². The Morgan fingerprint density at radius 3 is 2.46 bits per heavy atom. The maximum absolute atomic E-state index is 12.9. The van der Waals surface area contributed by atoms with Crippen LogP contribution in [0.2, 0.25) is 5.02 Å². The second kappa shape index (κ2) is 9.75. The van der Waals surface area contributed by atoms with Crippen molar-refractivity contribution < 1.29 is 22.3 Å². The minimum Gasteiger partial charge on any atom is -0.495 e. The van der Waals surface area contributed by atoms with Gasteiger partial charge in [0.1, 0.15) is 11.6 Å². The first-order valence-corrected chi connectivity index (χ1v) is 10.8. The molecule has 0 unspecified atom stereocenters. The van der Waals surface area contributed by atoms with Crippen LogP contribution < -0.4 is 14.4 Å². The van der Waals surface area contributed by atoms with Crippen molar-refractivity contribution in [3.05, 3.63) is 58.9 Å². The van der Waals surface area contributed by atoms with Gasteiger partial charge in [0.2, 0.25) is 15.9 Å². The van der Waals surface area contributed by atoms with Gasteiger partial charge in [-0.3, -0.25) is 9.10 Å². The smallest absolute Gasteiger partial charge is 0.232 e. The topological polar surface area (TPSA) is 75.7 Å². The van der Waals surface area contributed by atoms with Crippen molar-refractivity contribution in [3.63, 3.8) is 0 Å². The molecule has 0 fully saturated rings. The number of nitrogens with one attached hydrogen (secondary N) is 1. The molecule has 0 spiro atoms. The van der Waals surface area contributed by atoms with Crippen molar-refractivity contribution in [1.82, 2.24) is 5.32 Å². The summed E-state index contributed by atoms with van der Waals surface area (Å²) in [4.78, 5) is 12.0. The molecule has 1 amide bonds. The van der Waals surface area contributed by atoms with E-state index in [1.54, 1.807) is 24.3 Å². The summed E-state index contributed by atoms with van der Waals surface area (Å²) in [7, 11) is -2.07. The van der Waals surface area contributed by atoms with Gasteiger partial charge in [-0.1, -0.05) is 23.7 Å². The average Bonchev–Trinajstić information content (AvgIpc) is 2.63. The standard InChI is InChI=1S/C19H22ClFN2O4S/c1-27-18-10-9-16(12-17(18)20)23(28(2,25)26)11-3-4-19(24)22-13-14-5-7-15(21)8-6-14/h5-10,12H,3-4,11,13H2,1-2H3,(H,22,24). The Hall–Kier alpha value is -2.32. The SMILES string of the molecule is COc1ccc(N(CCCC(=O)NCc2ccc(F)cc2)S(C)(=O)=O)cc1Cl. The highest BCUT2D eigenvalue weighted by Gasteiger charge is 2.19. The van der Waals surface area contributed by atoms with Crippen molar-refractivity contribution in [3.8, 4) is 5.75 Å². The summed E-state index contributed by atoms with van der Waals surface area (Å²) in [5.74, 6) is -0.112. The number of nitrogens with zero attached hydrogens (tertiary/aromatic N) is 1. The third-order valence-corrected chi connectivity index (χ3v) is 5.48. The molecule has 0 atom stereocenters. The van der Waals surface area contributed by atoms with Gasteiger partial charge in [0, 0.05) is 19.5 Å². The van der Waals surface area contributed by atoms with Gasteiger partial charge in [0.05, 0.1) is 24.1 Å². The average molecular weight is 429 g/mol. The lowest BCUT2D eigenvalue weighted by atomic mass is 10.2. The molecule has 2 aromatic rings. The molecular weight excluding hydrogens is 407 g/mol. The molecule has 0 aliphatic rings. The molecule has 0 saturated heterocycles. The highest BCUT2D eigenvalue weighted by atomic mass is 35.5. The Balaban J connectivity index is 1.92. The van der Waals surface area contributed by atoms with Crippen molar-refractivity contribution in [2.24, 2.45) is 0 Å². The molecule has 9 heteroatoms. The first kappa shape index (κ1) is 22.0. The molecule has 6 nitrogen and oxygen atoms in total. The number of sulfonamides is 1. The lowest BCUT2D eigenvalue weighted by Crippen LogP contribution is -2.32. The quantitative estimate of drug-likeness (QED) is 0.664. The normalized spacial score (nSPS) is 11.1. The molecule has 152 valence electrons. The van der Waals surface area contributed by atoms with Gasteiger partial charge in [0.15, 0.2) is 0 Å². The van der Waals surface area contributed by atoms with Gasteiger partial charge in [-0.25, -0.2) is 12.8 Å². The van der Waals surface area contributed by atoms with Gasteiger partial charge in [-0.05, 0) is 42.3 Å². The number of anilines is 1. The van der Waals surface area contributed by atoms with Crippen LogP contribution in [0, 0.1) is 5.82 Å². The minimum atomic E-state index is -3.54. The molecule has 1 N–H and O–H groups in total. The number of ether oxygens (including phenoxy) is 1. The maximum Gasteiger partial charge on any atom is 0.232 e. The van der Waals surface area contributed by atoms with E-state index in [-0.39, 0.29) is 31.2 Å². The summed E-state index contributed by atoms with van der Waals surface area (Å²) < 4.78 is 43.4. The second-order valence-electron chi connectivity index (χ2n) is 6.16. The van der Waals surface area contributed by atoms with Gasteiger partial charge < -0.3 is 10.1 Å². The van der Waals surface area contributed by atoms with Crippen molar-refractivity contribution in [2.75, 3.05) is 24.2 Å². The van der Waals surface area contributed by atoms with Crippen LogP contribution in [0.1, 0.15) is 18.4 Å². The Kier molecular flexibility index (Phi) is 7.65. The molecule has 2 aromatic carbocycles. The molecule has 0 aliphatic heterocycles. The van der Waals surface area contributed by atoms with E-state index in [1.807, 2.05) is 0 Å². The number of hydrogen-bond acceptors (Lipinski definition) is 4. The van der Waals surface area contributed by atoms with E-state index in [1.165, 1.54) is 29.6 Å². The molecule has 0 radical (unpaired) electrons. The number of rotatable bonds is 9. The van der Waals surface area contributed by atoms with Crippen molar-refractivity contribution >= 4 is 33.2 Å². The highest BCUT2D eigenvalue weighted by molar-refractivity contribution is 7.92. The summed E-state index contributed by atoms with van der Waals surface area (Å²) in [5, 5.41) is 3.02. The summed E-state index contributed by atoms with van der Waals surface area (Å²) in [6.45, 7) is 0.411. The highest BCUT2D eigenvalue weighted by Crippen LogP contribution is 2.30. The van der Waals surface area contributed by atoms with E-state index in [2.05, 4.69) is 5.32 Å². The Morgan fingerprint density at radius 2 is 1.89 bits per heavy atom. The van der Waals surface area contributed by atoms with E-state index in [9.17, 15) is 17.6 Å². The maximum atomic E-state index is 12.9. The predicted molar refractivity (Wildman–Crippen MR) is 108 cm³/mol. The molecule has 28 heavy (non-hydrogen) atoms. The van der Waals surface area contributed by atoms with Crippen molar-refractivity contribution in [1.29, 1.82) is 0 Å². The van der Waals surface area contributed by atoms with E-state index < -0.39 is 10.0 Å². The number of carbonyl (C=O) groups is 1. The Labute approximate surface area is 169 Å². The molecular formula is C19H22ClFN2O4S. The number of carbonyl (C=O) groups excluding carboxylic acids is 1. The molecule has 0 bridgehead atoms. The monoisotopic (exact) mass is 428 g/mol. The summed E-state index contributed by atoms with van der Waals surface area (Å²) >= 11 is 6.08. The van der Waals surface area contributed by atoms with Crippen LogP contribution >= 0.6 is 11.6 Å². The zero-order valence-electron chi connectivity index (χ0n) is 15.6. The minimum absolute atomic E-state index is 0.130. The first-order chi connectivity index (χ1) is 13.2. The molecule has 0 aromatic heterocycles. The zero-order chi connectivity index (χ0) is 20.7. The van der Waals surface area contributed by atoms with E-state index in [0.29, 0.717) is 22.9 Å². The Bertz CT molecular complexity index is 920. The number of benzene rings is 2. The van der Waals surface area contributed by atoms with Gasteiger partial charge in [0.25, 0.3) is 0 Å². The molecule has 2 rings (SSSR count). The number of hydrogen-bond donors (Lipinski definition) is 1. The number of halogens is 2. The molecule has 0 aliphatic carbocycles. The van der Waals surface area contributed by atoms with Crippen LogP contribution in [0.15, 0.2) is 42.5 Å². The Morgan fingerprint density at radius 1 is 1.21 bits per heavy atom. The third kappa shape index (κ3) is 6.38. The van der Waals surface area contributed by atoms with Crippen molar-refractivity contribution in [2.45, 2.75) is 19.4 Å². The number of amides is 1. The van der Waals surface area contributed by atoms with Crippen LogP contribution in [0.3, 0.4) is 0 Å². The second-order valence-corrected chi connectivity index (χ2v) is 8.47. The fraction of sp³-hybridized carbons (Fsp3) is 0.316. The lowest BCUT2D eigenvalue weighted by Gasteiger charge is -2.23. The van der Waals surface area contributed by atoms with Crippen LogP contribution in [0.25, 0.3) is 0 Å². The largest absolute Gasteiger partial charge is 0.495 e. The van der Waals surface area contributed by atoms with Gasteiger partial charge >= 0.3 is 0 Å². The molecule has 0 saturated carbocycles. The fourth-order valence-corrected chi connectivity index (χ4v) is 3.78. The van der Waals surface area contributed by atoms with Crippen LogP contribution in [0.5, 0.6) is 5.75 Å². The zero-order valence-corrected chi connectivity index (χ0v) is 17.2. The molecule has 0 heterocycles. The lowest BCUT2D eigenvalue weighted by molar-refractivity contribution is -0.121.